The average molecular weight is 316 g/mol. The first-order valence-corrected chi connectivity index (χ1v) is 6.58. The molecule has 0 saturated heterocycles. The number of hydrogen-bond acceptors (Lipinski definition) is 4. The summed E-state index contributed by atoms with van der Waals surface area (Å²) in [6.07, 6.45) is -0.628. The molecule has 0 bridgehead atoms. The Hall–Kier alpha value is -1.73. The Bertz CT molecular complexity index is 785. The zero-order chi connectivity index (χ0) is 14.3. The van der Waals surface area contributed by atoms with Crippen LogP contribution in [0.1, 0.15) is 5.56 Å². The Labute approximate surface area is 120 Å². The number of aromatic nitrogens is 3. The minimum Gasteiger partial charge on any atom is -0.263 e. The van der Waals surface area contributed by atoms with Crippen molar-refractivity contribution in [3.8, 4) is 10.6 Å². The van der Waals surface area contributed by atoms with Crippen molar-refractivity contribution in [2.24, 2.45) is 0 Å². The molecule has 102 valence electrons. The van der Waals surface area contributed by atoms with E-state index in [4.69, 9.17) is 11.6 Å². The van der Waals surface area contributed by atoms with Gasteiger partial charge in [0, 0.05) is 24.2 Å². The molecule has 0 fully saturated rings. The molecular formula is C12H5ClF3N3S. The summed E-state index contributed by atoms with van der Waals surface area (Å²) in [7, 11) is 0. The van der Waals surface area contributed by atoms with Gasteiger partial charge in [0.15, 0.2) is 0 Å². The number of alkyl halides is 3. The van der Waals surface area contributed by atoms with Crippen LogP contribution in [0.4, 0.5) is 13.2 Å². The van der Waals surface area contributed by atoms with Crippen LogP contribution >= 0.6 is 22.9 Å². The van der Waals surface area contributed by atoms with Crippen LogP contribution in [-0.4, -0.2) is 15.0 Å². The standard InChI is InChI=1S/C12H5ClF3N3S/c13-8-5-17-2-1-7(8)10-19-9-3-6(12(14,15)16)4-18-11(9)20-10/h1-5H. The minimum absolute atomic E-state index is 0.202. The third-order valence-electron chi connectivity index (χ3n) is 2.58. The summed E-state index contributed by atoms with van der Waals surface area (Å²) in [6.45, 7) is 0. The second kappa shape index (κ2) is 4.68. The van der Waals surface area contributed by atoms with Gasteiger partial charge in [0.25, 0.3) is 0 Å². The van der Waals surface area contributed by atoms with Gasteiger partial charge in [0.2, 0.25) is 0 Å². The highest BCUT2D eigenvalue weighted by Gasteiger charge is 2.31. The van der Waals surface area contributed by atoms with Crippen molar-refractivity contribution in [2.75, 3.05) is 0 Å². The summed E-state index contributed by atoms with van der Waals surface area (Å²) in [6, 6.07) is 2.64. The Balaban J connectivity index is 2.14. The van der Waals surface area contributed by atoms with Crippen LogP contribution < -0.4 is 0 Å². The number of thiazole rings is 1. The second-order valence-electron chi connectivity index (χ2n) is 3.92. The number of halogens is 4. The number of rotatable bonds is 1. The molecule has 0 saturated carbocycles. The van der Waals surface area contributed by atoms with Gasteiger partial charge in [0.05, 0.1) is 10.6 Å². The monoisotopic (exact) mass is 315 g/mol. The van der Waals surface area contributed by atoms with Gasteiger partial charge in [-0.25, -0.2) is 9.97 Å². The predicted molar refractivity (Wildman–Crippen MR) is 70.7 cm³/mol. The smallest absolute Gasteiger partial charge is 0.263 e. The summed E-state index contributed by atoms with van der Waals surface area (Å²) in [5.41, 5.74) is 0.00797. The molecule has 0 atom stereocenters. The quantitative estimate of drug-likeness (QED) is 0.667. The number of pyridine rings is 2. The second-order valence-corrected chi connectivity index (χ2v) is 5.31. The van der Waals surface area contributed by atoms with Gasteiger partial charge in [-0.05, 0) is 12.1 Å². The van der Waals surface area contributed by atoms with Crippen molar-refractivity contribution in [1.82, 2.24) is 15.0 Å². The maximum absolute atomic E-state index is 12.6. The van der Waals surface area contributed by atoms with E-state index in [0.717, 1.165) is 12.3 Å². The van der Waals surface area contributed by atoms with E-state index < -0.39 is 11.7 Å². The van der Waals surface area contributed by atoms with Crippen LogP contribution in [0.3, 0.4) is 0 Å². The molecule has 0 aliphatic rings. The molecule has 0 N–H and O–H groups in total. The van der Waals surface area contributed by atoms with E-state index in [0.29, 0.717) is 20.4 Å². The van der Waals surface area contributed by atoms with Gasteiger partial charge < -0.3 is 0 Å². The van der Waals surface area contributed by atoms with Crippen LogP contribution in [0.25, 0.3) is 20.9 Å². The van der Waals surface area contributed by atoms with E-state index in [-0.39, 0.29) is 5.52 Å². The SMILES string of the molecule is FC(F)(F)c1cnc2sc(-c3ccncc3Cl)nc2c1. The lowest BCUT2D eigenvalue weighted by Crippen LogP contribution is -2.04. The average Bonchev–Trinajstić information content (AvgIpc) is 2.80. The molecular weight excluding hydrogens is 311 g/mol. The first-order valence-electron chi connectivity index (χ1n) is 5.39. The van der Waals surface area contributed by atoms with Crippen molar-refractivity contribution >= 4 is 33.3 Å². The van der Waals surface area contributed by atoms with Crippen LogP contribution in [0.15, 0.2) is 30.7 Å². The molecule has 3 nitrogen and oxygen atoms in total. The molecule has 0 spiro atoms. The molecule has 3 rings (SSSR count). The van der Waals surface area contributed by atoms with E-state index in [1.54, 1.807) is 12.3 Å². The highest BCUT2D eigenvalue weighted by molar-refractivity contribution is 7.21. The minimum atomic E-state index is -4.43. The molecule has 0 aliphatic heterocycles. The normalized spacial score (nSPS) is 12.0. The van der Waals surface area contributed by atoms with Crippen molar-refractivity contribution < 1.29 is 13.2 Å². The van der Waals surface area contributed by atoms with Gasteiger partial charge in [-0.3, -0.25) is 4.98 Å². The summed E-state index contributed by atoms with van der Waals surface area (Å²) >= 11 is 7.18. The summed E-state index contributed by atoms with van der Waals surface area (Å²) in [4.78, 5) is 12.2. The lowest BCUT2D eigenvalue weighted by molar-refractivity contribution is -0.137. The maximum Gasteiger partial charge on any atom is 0.417 e. The van der Waals surface area contributed by atoms with E-state index in [1.807, 2.05) is 0 Å². The van der Waals surface area contributed by atoms with Crippen LogP contribution in [0, 0.1) is 0 Å². The fraction of sp³-hybridized carbons (Fsp3) is 0.0833. The fourth-order valence-electron chi connectivity index (χ4n) is 1.64. The van der Waals surface area contributed by atoms with Crippen LogP contribution in [-0.2, 0) is 6.18 Å². The van der Waals surface area contributed by atoms with Crippen LogP contribution in [0.5, 0.6) is 0 Å². The lowest BCUT2D eigenvalue weighted by Gasteiger charge is -2.04. The topological polar surface area (TPSA) is 38.7 Å². The molecule has 3 heterocycles. The van der Waals surface area contributed by atoms with Crippen LogP contribution in [0.2, 0.25) is 5.02 Å². The molecule has 0 aliphatic carbocycles. The Morgan fingerprint density at radius 1 is 1.20 bits per heavy atom. The first-order chi connectivity index (χ1) is 9.45. The summed E-state index contributed by atoms with van der Waals surface area (Å²) < 4.78 is 37.8. The Morgan fingerprint density at radius 2 is 2.00 bits per heavy atom. The highest BCUT2D eigenvalue weighted by atomic mass is 35.5. The molecule has 20 heavy (non-hydrogen) atoms. The largest absolute Gasteiger partial charge is 0.417 e. The number of fused-ring (bicyclic) bond motifs is 1. The fourth-order valence-corrected chi connectivity index (χ4v) is 2.84. The molecule has 8 heteroatoms. The summed E-state index contributed by atoms with van der Waals surface area (Å²) in [5.74, 6) is 0. The van der Waals surface area contributed by atoms with Crippen molar-refractivity contribution in [2.45, 2.75) is 6.18 Å². The van der Waals surface area contributed by atoms with Gasteiger partial charge >= 0.3 is 6.18 Å². The molecule has 0 amide bonds. The van der Waals surface area contributed by atoms with Gasteiger partial charge in [0.1, 0.15) is 15.4 Å². The van der Waals surface area contributed by atoms with E-state index in [9.17, 15) is 13.2 Å². The zero-order valence-corrected chi connectivity index (χ0v) is 11.2. The Morgan fingerprint density at radius 3 is 2.70 bits per heavy atom. The molecule has 0 radical (unpaired) electrons. The van der Waals surface area contributed by atoms with E-state index in [1.165, 1.54) is 17.5 Å². The third-order valence-corrected chi connectivity index (χ3v) is 3.89. The van der Waals surface area contributed by atoms with Gasteiger partial charge in [-0.15, -0.1) is 0 Å². The third kappa shape index (κ3) is 2.34. The van der Waals surface area contributed by atoms with Crippen molar-refractivity contribution in [3.63, 3.8) is 0 Å². The van der Waals surface area contributed by atoms with E-state index >= 15 is 0 Å². The molecule has 3 aromatic rings. The first kappa shape index (κ1) is 13.3. The van der Waals surface area contributed by atoms with Gasteiger partial charge in [-0.2, -0.15) is 13.2 Å². The predicted octanol–water partition coefficient (Wildman–Crippen LogP) is 4.43. The molecule has 3 aromatic heterocycles. The number of nitrogens with zero attached hydrogens (tertiary/aromatic N) is 3. The lowest BCUT2D eigenvalue weighted by atomic mass is 10.2. The number of hydrogen-bond donors (Lipinski definition) is 0. The summed E-state index contributed by atoms with van der Waals surface area (Å²) in [5, 5.41) is 0.904. The van der Waals surface area contributed by atoms with Crippen molar-refractivity contribution in [3.05, 3.63) is 41.3 Å². The van der Waals surface area contributed by atoms with Gasteiger partial charge in [-0.1, -0.05) is 22.9 Å². The maximum atomic E-state index is 12.6. The zero-order valence-electron chi connectivity index (χ0n) is 9.65. The van der Waals surface area contributed by atoms with E-state index in [2.05, 4.69) is 15.0 Å². The highest BCUT2D eigenvalue weighted by Crippen LogP contribution is 2.35. The van der Waals surface area contributed by atoms with Crippen molar-refractivity contribution in [1.29, 1.82) is 0 Å². The molecule has 0 aromatic carbocycles. The molecule has 0 unspecified atom stereocenters. The Kier molecular flexibility index (Phi) is 3.10.